The quantitative estimate of drug-likeness (QED) is 0.248. The Bertz CT molecular complexity index is 1310. The number of hydrogen-bond acceptors (Lipinski definition) is 6. The van der Waals surface area contributed by atoms with Crippen LogP contribution in [0, 0.1) is 0 Å². The van der Waals surface area contributed by atoms with Crippen molar-refractivity contribution >= 4 is 51.2 Å². The number of pyridine rings is 1. The number of fused-ring (bicyclic) bond motifs is 1. The van der Waals surface area contributed by atoms with Crippen LogP contribution in [0.1, 0.15) is 0 Å². The third-order valence-electron chi connectivity index (χ3n) is 5.48. The van der Waals surface area contributed by atoms with Gasteiger partial charge in [0.25, 0.3) is 6.47 Å². The van der Waals surface area contributed by atoms with Crippen molar-refractivity contribution in [2.45, 2.75) is 0 Å². The largest absolute Gasteiger partial charge is 0.483 e. The van der Waals surface area contributed by atoms with Crippen LogP contribution < -0.4 is 14.9 Å². The fourth-order valence-corrected chi connectivity index (χ4v) is 4.13. The SMILES string of the molecule is CN(C)CCN(C)c1ccc(-c2cc3c(Nc4ccccc4NS(C)=O)ccnc3[nH]2)cc1.O=CO. The van der Waals surface area contributed by atoms with E-state index in [2.05, 4.69) is 81.3 Å². The molecule has 2 heterocycles. The van der Waals surface area contributed by atoms with Gasteiger partial charge in [-0.2, -0.15) is 0 Å². The summed E-state index contributed by atoms with van der Waals surface area (Å²) in [6.07, 6.45) is 3.40. The Morgan fingerprint density at radius 3 is 2.31 bits per heavy atom. The van der Waals surface area contributed by atoms with Crippen LogP contribution in [0.25, 0.3) is 22.3 Å². The lowest BCUT2D eigenvalue weighted by Gasteiger charge is -2.21. The molecular formula is C26H32N6O3S. The van der Waals surface area contributed by atoms with E-state index in [0.29, 0.717) is 0 Å². The number of para-hydroxylation sites is 2. The van der Waals surface area contributed by atoms with Gasteiger partial charge in [0.15, 0.2) is 0 Å². The maximum absolute atomic E-state index is 11.7. The topological polar surface area (TPSA) is 114 Å². The van der Waals surface area contributed by atoms with Crippen molar-refractivity contribution in [1.82, 2.24) is 14.9 Å². The van der Waals surface area contributed by atoms with Gasteiger partial charge in [-0.1, -0.05) is 24.3 Å². The molecule has 1 unspecified atom stereocenters. The smallest absolute Gasteiger partial charge is 0.290 e. The van der Waals surface area contributed by atoms with Crippen LogP contribution in [-0.4, -0.2) is 71.1 Å². The maximum atomic E-state index is 11.7. The molecule has 2 aromatic heterocycles. The number of carbonyl (C=O) groups is 1. The molecule has 0 fully saturated rings. The van der Waals surface area contributed by atoms with Crippen LogP contribution in [0.5, 0.6) is 0 Å². The molecule has 2 aromatic carbocycles. The zero-order chi connectivity index (χ0) is 26.1. The second-order valence-electron chi connectivity index (χ2n) is 8.41. The van der Waals surface area contributed by atoms with Crippen molar-refractivity contribution in [3.8, 4) is 11.3 Å². The van der Waals surface area contributed by atoms with E-state index in [1.165, 1.54) is 5.69 Å². The van der Waals surface area contributed by atoms with Gasteiger partial charge in [0.2, 0.25) is 0 Å². The molecule has 4 aromatic rings. The first-order valence-electron chi connectivity index (χ1n) is 11.3. The van der Waals surface area contributed by atoms with Gasteiger partial charge < -0.3 is 29.9 Å². The van der Waals surface area contributed by atoms with Crippen LogP contribution in [0.4, 0.5) is 22.7 Å². The molecule has 0 amide bonds. The molecule has 0 aliphatic carbocycles. The van der Waals surface area contributed by atoms with E-state index < -0.39 is 11.0 Å². The normalized spacial score (nSPS) is 11.5. The Kier molecular flexibility index (Phi) is 9.43. The molecule has 4 N–H and O–H groups in total. The molecule has 36 heavy (non-hydrogen) atoms. The van der Waals surface area contributed by atoms with E-state index in [-0.39, 0.29) is 6.47 Å². The standard InChI is InChI=1S/C25H30N6OS.CH2O2/c1-30(2)15-16-31(3)19-11-9-18(10-12-19)24-17-20-21(13-14-26-25(20)28-24)27-22-7-5-6-8-23(22)29-33(4)32;2-1-3/h5-14,17,29H,15-16H2,1-4H3,(H2,26,27,28);1H,(H,2,3). The molecule has 0 aliphatic rings. The van der Waals surface area contributed by atoms with Crippen LogP contribution in [0.2, 0.25) is 0 Å². The Balaban J connectivity index is 0.00000115. The minimum absolute atomic E-state index is 0.250. The highest BCUT2D eigenvalue weighted by Crippen LogP contribution is 2.32. The Hall–Kier alpha value is -3.89. The van der Waals surface area contributed by atoms with Gasteiger partial charge in [0.05, 0.1) is 17.1 Å². The van der Waals surface area contributed by atoms with Crippen LogP contribution in [-0.2, 0) is 15.8 Å². The van der Waals surface area contributed by atoms with Gasteiger partial charge in [-0.05, 0) is 56.1 Å². The van der Waals surface area contributed by atoms with Crippen molar-refractivity contribution in [2.24, 2.45) is 0 Å². The molecule has 4 rings (SSSR count). The fourth-order valence-electron chi connectivity index (χ4n) is 3.65. The lowest BCUT2D eigenvalue weighted by atomic mass is 10.1. The minimum Gasteiger partial charge on any atom is -0.483 e. The second kappa shape index (κ2) is 12.7. The highest BCUT2D eigenvalue weighted by molar-refractivity contribution is 7.85. The van der Waals surface area contributed by atoms with E-state index in [4.69, 9.17) is 9.90 Å². The number of aromatic amines is 1. The first-order chi connectivity index (χ1) is 17.3. The summed E-state index contributed by atoms with van der Waals surface area (Å²) in [5.41, 5.74) is 6.68. The Morgan fingerprint density at radius 2 is 1.67 bits per heavy atom. The number of likely N-dealkylation sites (N-methyl/N-ethyl adjacent to an activating group) is 2. The van der Waals surface area contributed by atoms with Gasteiger partial charge in [-0.3, -0.25) is 4.79 Å². The highest BCUT2D eigenvalue weighted by Gasteiger charge is 2.11. The summed E-state index contributed by atoms with van der Waals surface area (Å²) in [7, 11) is 5.13. The number of benzene rings is 2. The van der Waals surface area contributed by atoms with Crippen molar-refractivity contribution in [2.75, 3.05) is 55.4 Å². The molecule has 0 spiro atoms. The van der Waals surface area contributed by atoms with Gasteiger partial charge in [-0.15, -0.1) is 0 Å². The molecule has 0 saturated carbocycles. The predicted molar refractivity (Wildman–Crippen MR) is 149 cm³/mol. The first-order valence-corrected chi connectivity index (χ1v) is 12.9. The van der Waals surface area contributed by atoms with Crippen LogP contribution in [0.15, 0.2) is 66.9 Å². The van der Waals surface area contributed by atoms with Crippen molar-refractivity contribution in [1.29, 1.82) is 0 Å². The highest BCUT2D eigenvalue weighted by atomic mass is 32.2. The molecule has 1 atom stereocenters. The zero-order valence-electron chi connectivity index (χ0n) is 20.9. The molecule has 0 bridgehead atoms. The number of nitrogens with one attached hydrogen (secondary N) is 3. The lowest BCUT2D eigenvalue weighted by Crippen LogP contribution is -2.28. The number of aromatic nitrogens is 2. The van der Waals surface area contributed by atoms with Crippen LogP contribution in [0.3, 0.4) is 0 Å². The average molecular weight is 509 g/mol. The van der Waals surface area contributed by atoms with Crippen molar-refractivity contribution in [3.63, 3.8) is 0 Å². The molecule has 10 heteroatoms. The third kappa shape index (κ3) is 7.06. The maximum Gasteiger partial charge on any atom is 0.290 e. The molecule has 9 nitrogen and oxygen atoms in total. The number of anilines is 4. The van der Waals surface area contributed by atoms with Gasteiger partial charge in [-0.25, -0.2) is 9.19 Å². The van der Waals surface area contributed by atoms with Crippen molar-refractivity contribution in [3.05, 3.63) is 66.9 Å². The van der Waals surface area contributed by atoms with E-state index in [1.54, 1.807) is 12.5 Å². The number of rotatable bonds is 9. The molecule has 0 radical (unpaired) electrons. The molecule has 0 saturated heterocycles. The summed E-state index contributed by atoms with van der Waals surface area (Å²) in [6.45, 7) is 1.73. The van der Waals surface area contributed by atoms with E-state index in [0.717, 1.165) is 52.4 Å². The Labute approximate surface area is 213 Å². The molecule has 0 aliphatic heterocycles. The molecular weight excluding hydrogens is 476 g/mol. The van der Waals surface area contributed by atoms with E-state index >= 15 is 0 Å². The van der Waals surface area contributed by atoms with E-state index in [1.807, 2.05) is 30.3 Å². The summed E-state index contributed by atoms with van der Waals surface area (Å²) >= 11 is 0. The minimum atomic E-state index is -1.16. The monoisotopic (exact) mass is 508 g/mol. The zero-order valence-corrected chi connectivity index (χ0v) is 21.7. The summed E-state index contributed by atoms with van der Waals surface area (Å²) in [4.78, 5) is 20.8. The summed E-state index contributed by atoms with van der Waals surface area (Å²) < 4.78 is 14.7. The average Bonchev–Trinajstić information content (AvgIpc) is 3.29. The van der Waals surface area contributed by atoms with Gasteiger partial charge >= 0.3 is 0 Å². The second-order valence-corrected chi connectivity index (χ2v) is 9.52. The number of H-pyrrole nitrogens is 1. The number of carboxylic acid groups (broad SMARTS) is 1. The van der Waals surface area contributed by atoms with Crippen LogP contribution >= 0.6 is 0 Å². The number of hydrogen-bond donors (Lipinski definition) is 4. The summed E-state index contributed by atoms with van der Waals surface area (Å²) in [6, 6.07) is 20.4. The van der Waals surface area contributed by atoms with Crippen molar-refractivity contribution < 1.29 is 14.1 Å². The first kappa shape index (κ1) is 26.7. The fraction of sp³-hybridized carbons (Fsp3) is 0.231. The van der Waals surface area contributed by atoms with E-state index in [9.17, 15) is 4.21 Å². The predicted octanol–water partition coefficient (Wildman–Crippen LogP) is 4.38. The van der Waals surface area contributed by atoms with Gasteiger partial charge in [0, 0.05) is 49.4 Å². The number of nitrogens with zero attached hydrogens (tertiary/aromatic N) is 3. The van der Waals surface area contributed by atoms with Gasteiger partial charge in [0.1, 0.15) is 16.6 Å². The Morgan fingerprint density at radius 1 is 1.00 bits per heavy atom. The summed E-state index contributed by atoms with van der Waals surface area (Å²) in [5, 5.41) is 11.3. The summed E-state index contributed by atoms with van der Waals surface area (Å²) in [5.74, 6) is 0. The molecule has 190 valence electrons. The lowest BCUT2D eigenvalue weighted by molar-refractivity contribution is -0.122. The third-order valence-corrected chi connectivity index (χ3v) is 5.99.